The molecule has 0 aliphatic carbocycles. The Kier molecular flexibility index (Phi) is 23.5. The number of carboxylic acids is 1. The van der Waals surface area contributed by atoms with Gasteiger partial charge in [-0.25, -0.2) is 14.4 Å². The first kappa shape index (κ1) is 42.4. The van der Waals surface area contributed by atoms with E-state index in [1.807, 2.05) is 0 Å². The Morgan fingerprint density at radius 1 is 0.587 bits per heavy atom. The van der Waals surface area contributed by atoms with Gasteiger partial charge in [0.15, 0.2) is 0 Å². The number of carbonyl (C=O) groups excluding carboxylic acids is 4. The largest absolute Gasteiger partial charge is 0.480 e. The maximum absolute atomic E-state index is 12.0. The molecule has 0 atom stereocenters. The number of carboxylic acid groups (broad SMARTS) is 1. The zero-order chi connectivity index (χ0) is 34.8. The fourth-order valence-corrected chi connectivity index (χ4v) is 3.19. The summed E-state index contributed by atoms with van der Waals surface area (Å²) >= 11 is 0. The Labute approximate surface area is 270 Å². The number of aliphatic carboxylic acids is 1. The van der Waals surface area contributed by atoms with E-state index in [9.17, 15) is 24.0 Å². The number of rotatable bonds is 29. The molecule has 0 aliphatic heterocycles. The van der Waals surface area contributed by atoms with Gasteiger partial charge in [0.2, 0.25) is 0 Å². The summed E-state index contributed by atoms with van der Waals surface area (Å²) in [6, 6.07) is 0. The molecule has 0 aromatic carbocycles. The van der Waals surface area contributed by atoms with E-state index in [-0.39, 0.29) is 109 Å². The molecule has 0 bridgehead atoms. The lowest BCUT2D eigenvalue weighted by atomic mass is 9.92. The third kappa shape index (κ3) is 22.8. The highest BCUT2D eigenvalue weighted by molar-refractivity contribution is 5.87. The normalized spacial score (nSPS) is 10.9. The second-order valence-corrected chi connectivity index (χ2v) is 10.4. The molecule has 0 fully saturated rings. The highest BCUT2D eigenvalue weighted by Gasteiger charge is 2.33. The molecule has 46 heavy (non-hydrogen) atoms. The first-order valence-electron chi connectivity index (χ1n) is 14.7. The van der Waals surface area contributed by atoms with Crippen LogP contribution in [0.5, 0.6) is 0 Å². The number of hydrogen-bond acceptors (Lipinski definition) is 14. The van der Waals surface area contributed by atoms with Crippen LogP contribution in [0, 0.1) is 5.41 Å². The predicted octanol–water partition coefficient (Wildman–Crippen LogP) is 1.39. The van der Waals surface area contributed by atoms with Crippen LogP contribution in [-0.4, -0.2) is 127 Å². The zero-order valence-electron chi connectivity index (χ0n) is 27.2. The average Bonchev–Trinajstić information content (AvgIpc) is 2.99. The van der Waals surface area contributed by atoms with Gasteiger partial charge < -0.3 is 48.3 Å². The van der Waals surface area contributed by atoms with E-state index in [4.69, 9.17) is 43.0 Å². The molecular weight excluding hydrogens is 610 g/mol. The molecule has 0 spiro atoms. The summed E-state index contributed by atoms with van der Waals surface area (Å²) < 4.78 is 43.6. The van der Waals surface area contributed by atoms with Gasteiger partial charge in [-0.2, -0.15) is 0 Å². The maximum Gasteiger partial charge on any atom is 0.333 e. The summed E-state index contributed by atoms with van der Waals surface area (Å²) in [7, 11) is 0. The first-order chi connectivity index (χ1) is 21.8. The van der Waals surface area contributed by atoms with Gasteiger partial charge in [0.05, 0.1) is 64.8 Å². The Bertz CT molecular complexity index is 921. The molecule has 0 saturated heterocycles. The summed E-state index contributed by atoms with van der Waals surface area (Å²) in [5.41, 5.74) is -0.186. The van der Waals surface area contributed by atoms with Gasteiger partial charge in [-0.3, -0.25) is 9.59 Å². The summed E-state index contributed by atoms with van der Waals surface area (Å²) in [4.78, 5) is 57.5. The van der Waals surface area contributed by atoms with Crippen LogP contribution in [0.2, 0.25) is 0 Å². The molecule has 0 aromatic heterocycles. The van der Waals surface area contributed by atoms with Crippen molar-refractivity contribution in [3.8, 4) is 0 Å². The van der Waals surface area contributed by atoms with Crippen molar-refractivity contribution in [1.82, 2.24) is 5.32 Å². The Hall–Kier alpha value is -3.63. The number of hydrogen-bond donors (Lipinski definition) is 2. The number of nitrogens with one attached hydrogen (secondary N) is 1. The molecule has 0 radical (unpaired) electrons. The van der Waals surface area contributed by atoms with Crippen molar-refractivity contribution < 1.29 is 67.0 Å². The van der Waals surface area contributed by atoms with Gasteiger partial charge in [-0.05, 0) is 33.7 Å². The van der Waals surface area contributed by atoms with Crippen molar-refractivity contribution in [2.75, 3.05) is 92.4 Å². The van der Waals surface area contributed by atoms with E-state index in [0.717, 1.165) is 0 Å². The predicted molar refractivity (Wildman–Crippen MR) is 164 cm³/mol. The van der Waals surface area contributed by atoms with E-state index in [0.29, 0.717) is 13.0 Å². The van der Waals surface area contributed by atoms with Crippen molar-refractivity contribution in [1.29, 1.82) is 0 Å². The van der Waals surface area contributed by atoms with Gasteiger partial charge >= 0.3 is 29.8 Å². The number of carbonyl (C=O) groups is 5. The summed E-state index contributed by atoms with van der Waals surface area (Å²) in [6.07, 6.45) is 0.515. The molecule has 0 aromatic rings. The van der Waals surface area contributed by atoms with Crippen molar-refractivity contribution in [2.45, 2.75) is 33.6 Å². The lowest BCUT2D eigenvalue weighted by molar-refractivity contribution is -0.149. The SMILES string of the molecule is C=C(C)C(=O)OCCOCC(COCCOC(=O)CCCNCC(=O)O)(COCCOC(=O)C(=C)C)COCCOC(=O)C(=C)C. The lowest BCUT2D eigenvalue weighted by Crippen LogP contribution is -2.43. The number of ether oxygens (including phenoxy) is 8. The lowest BCUT2D eigenvalue weighted by Gasteiger charge is -2.33. The zero-order valence-corrected chi connectivity index (χ0v) is 27.2. The van der Waals surface area contributed by atoms with Crippen LogP contribution in [0.25, 0.3) is 0 Å². The van der Waals surface area contributed by atoms with E-state index in [1.54, 1.807) is 0 Å². The highest BCUT2D eigenvalue weighted by atomic mass is 16.6. The maximum atomic E-state index is 12.0. The molecule has 0 amide bonds. The van der Waals surface area contributed by atoms with Crippen molar-refractivity contribution in [2.24, 2.45) is 5.41 Å². The van der Waals surface area contributed by atoms with Crippen molar-refractivity contribution in [3.63, 3.8) is 0 Å². The smallest absolute Gasteiger partial charge is 0.333 e. The van der Waals surface area contributed by atoms with Crippen LogP contribution in [0.1, 0.15) is 33.6 Å². The van der Waals surface area contributed by atoms with Gasteiger partial charge in [0.1, 0.15) is 26.4 Å². The van der Waals surface area contributed by atoms with Gasteiger partial charge in [0, 0.05) is 23.1 Å². The molecule has 262 valence electrons. The Morgan fingerprint density at radius 2 is 0.935 bits per heavy atom. The third-order valence-corrected chi connectivity index (χ3v) is 5.56. The molecule has 0 heterocycles. The second kappa shape index (κ2) is 25.5. The monoisotopic (exact) mass is 659 g/mol. The molecule has 0 unspecified atom stereocenters. The van der Waals surface area contributed by atoms with E-state index in [1.165, 1.54) is 20.8 Å². The fourth-order valence-electron chi connectivity index (χ4n) is 3.19. The minimum absolute atomic E-state index is 0.0202. The van der Waals surface area contributed by atoms with Crippen LogP contribution in [0.15, 0.2) is 36.5 Å². The Balaban J connectivity index is 5.20. The minimum atomic E-state index is -0.986. The van der Waals surface area contributed by atoms with Crippen LogP contribution >= 0.6 is 0 Å². The number of esters is 4. The molecule has 15 nitrogen and oxygen atoms in total. The van der Waals surface area contributed by atoms with Crippen LogP contribution in [0.3, 0.4) is 0 Å². The summed E-state index contributed by atoms with van der Waals surface area (Å²) in [6.45, 7) is 15.5. The summed E-state index contributed by atoms with van der Waals surface area (Å²) in [5, 5.41) is 11.3. The van der Waals surface area contributed by atoms with Gasteiger partial charge in [0.25, 0.3) is 0 Å². The topological polar surface area (TPSA) is 191 Å². The minimum Gasteiger partial charge on any atom is -0.480 e. The first-order valence-corrected chi connectivity index (χ1v) is 14.7. The van der Waals surface area contributed by atoms with Gasteiger partial charge in [-0.15, -0.1) is 0 Å². The highest BCUT2D eigenvalue weighted by Crippen LogP contribution is 2.21. The third-order valence-electron chi connectivity index (χ3n) is 5.56. The molecular formula is C31H49NO14. The molecule has 15 heteroatoms. The van der Waals surface area contributed by atoms with Crippen molar-refractivity contribution >= 4 is 29.8 Å². The average molecular weight is 660 g/mol. The van der Waals surface area contributed by atoms with E-state index < -0.39 is 35.3 Å². The molecule has 0 rings (SSSR count). The molecule has 0 aliphatic rings. The second-order valence-electron chi connectivity index (χ2n) is 10.4. The van der Waals surface area contributed by atoms with Crippen LogP contribution in [0.4, 0.5) is 0 Å². The fraction of sp³-hybridized carbons (Fsp3) is 0.645. The van der Waals surface area contributed by atoms with Crippen LogP contribution in [-0.2, 0) is 61.9 Å². The Morgan fingerprint density at radius 3 is 1.26 bits per heavy atom. The van der Waals surface area contributed by atoms with E-state index in [2.05, 4.69) is 25.1 Å². The van der Waals surface area contributed by atoms with E-state index >= 15 is 0 Å². The molecule has 0 saturated carbocycles. The summed E-state index contributed by atoms with van der Waals surface area (Å²) in [5.74, 6) is -3.10. The molecule has 2 N–H and O–H groups in total. The van der Waals surface area contributed by atoms with Crippen LogP contribution < -0.4 is 5.32 Å². The standard InChI is InChI=1S/C31H49NO14/c1-23(2)28(36)44-15-11-40-20-31(21-41-12-16-45-29(37)24(3)4,22-42-13-17-46-30(38)25(5)6)19-39-10-14-43-27(35)8-7-9-32-18-26(33)34/h32H,1,3,5,7-22H2,2,4,6H3,(H,33,34). The van der Waals surface area contributed by atoms with Gasteiger partial charge in [-0.1, -0.05) is 19.7 Å². The quantitative estimate of drug-likeness (QED) is 0.0506. The van der Waals surface area contributed by atoms with Crippen molar-refractivity contribution in [3.05, 3.63) is 36.5 Å².